The topological polar surface area (TPSA) is 115 Å². The number of methoxy groups -OCH3 is 2. The minimum Gasteiger partial charge on any atom is -0.497 e. The number of nitrogens with zero attached hydrogens (tertiary/aromatic N) is 4. The van der Waals surface area contributed by atoms with E-state index in [2.05, 4.69) is 20.2 Å². The van der Waals surface area contributed by atoms with Crippen molar-refractivity contribution in [3.8, 4) is 11.5 Å². The third kappa shape index (κ3) is 8.85. The predicted molar refractivity (Wildman–Crippen MR) is 181 cm³/mol. The van der Waals surface area contributed by atoms with E-state index in [9.17, 15) is 9.59 Å². The molecule has 1 amide bonds. The average molecular weight is 664 g/mol. The molecule has 0 spiro atoms. The van der Waals surface area contributed by atoms with E-state index in [1.165, 1.54) is 13.4 Å². The van der Waals surface area contributed by atoms with E-state index in [0.717, 1.165) is 17.7 Å². The fourth-order valence-corrected chi connectivity index (χ4v) is 5.78. The quantitative estimate of drug-likeness (QED) is 0.252. The number of esters is 1. The summed E-state index contributed by atoms with van der Waals surface area (Å²) in [4.78, 5) is 38.2. The number of aromatic nitrogens is 2. The summed E-state index contributed by atoms with van der Waals surface area (Å²) in [5.41, 5.74) is 2.48. The van der Waals surface area contributed by atoms with Gasteiger partial charge in [-0.15, -0.1) is 0 Å². The molecule has 1 N–H and O–H groups in total. The molecule has 3 aromatic rings. The largest absolute Gasteiger partial charge is 0.497 e. The molecule has 1 aromatic heterocycles. The minimum atomic E-state index is -0.534. The number of nitrogens with one attached hydrogen (secondary N) is 1. The molecule has 5 rings (SSSR count). The van der Waals surface area contributed by atoms with E-state index < -0.39 is 5.60 Å². The number of carbonyl (C=O) groups excluding carboxylic acids is 2. The van der Waals surface area contributed by atoms with Gasteiger partial charge in [-0.05, 0) is 75.6 Å². The van der Waals surface area contributed by atoms with Gasteiger partial charge in [0.15, 0.2) is 0 Å². The number of carbonyl (C=O) groups is 2. The maximum absolute atomic E-state index is 12.7. The monoisotopic (exact) mass is 663 g/mol. The highest BCUT2D eigenvalue weighted by atomic mass is 35.5. The van der Waals surface area contributed by atoms with Gasteiger partial charge in [0, 0.05) is 50.3 Å². The second-order valence-electron chi connectivity index (χ2n) is 12.5. The van der Waals surface area contributed by atoms with Gasteiger partial charge in [-0.2, -0.15) is 0 Å². The summed E-state index contributed by atoms with van der Waals surface area (Å²) >= 11 is 6.70. The lowest BCUT2D eigenvalue weighted by Gasteiger charge is -2.33. The first-order valence-corrected chi connectivity index (χ1v) is 16.1. The Morgan fingerprint density at radius 3 is 2.43 bits per heavy atom. The first-order valence-electron chi connectivity index (χ1n) is 15.8. The molecule has 12 heteroatoms. The molecule has 0 aliphatic carbocycles. The van der Waals surface area contributed by atoms with Gasteiger partial charge in [0.1, 0.15) is 41.2 Å². The summed E-state index contributed by atoms with van der Waals surface area (Å²) in [7, 11) is 3.03. The minimum absolute atomic E-state index is 0.0786. The Morgan fingerprint density at radius 2 is 1.77 bits per heavy atom. The zero-order valence-corrected chi connectivity index (χ0v) is 28.3. The molecular weight excluding hydrogens is 622 g/mol. The van der Waals surface area contributed by atoms with Crippen LogP contribution in [0.3, 0.4) is 0 Å². The first kappa shape index (κ1) is 33.8. The molecule has 2 aromatic carbocycles. The first-order chi connectivity index (χ1) is 22.5. The maximum atomic E-state index is 12.7. The summed E-state index contributed by atoms with van der Waals surface area (Å²) in [5.74, 6) is 2.20. The van der Waals surface area contributed by atoms with Crippen molar-refractivity contribution in [3.63, 3.8) is 0 Å². The molecule has 0 saturated carbocycles. The molecule has 0 radical (unpaired) electrons. The van der Waals surface area contributed by atoms with Crippen molar-refractivity contribution >= 4 is 47.1 Å². The number of rotatable bonds is 8. The lowest BCUT2D eigenvalue weighted by atomic mass is 10.0. The highest BCUT2D eigenvalue weighted by Gasteiger charge is 2.28. The summed E-state index contributed by atoms with van der Waals surface area (Å²) in [5, 5.41) is 3.82. The third-order valence-electron chi connectivity index (χ3n) is 7.92. The normalized spacial score (nSPS) is 15.5. The Bertz CT molecular complexity index is 1600. The van der Waals surface area contributed by atoms with Crippen LogP contribution in [0.2, 0.25) is 5.02 Å². The predicted octanol–water partition coefficient (Wildman–Crippen LogP) is 7.02. The van der Waals surface area contributed by atoms with E-state index in [0.29, 0.717) is 84.7 Å². The highest BCUT2D eigenvalue weighted by Crippen LogP contribution is 2.35. The number of hydrogen-bond donors (Lipinski definition) is 1. The van der Waals surface area contributed by atoms with Gasteiger partial charge in [0.2, 0.25) is 0 Å². The van der Waals surface area contributed by atoms with Crippen LogP contribution in [0.4, 0.5) is 22.1 Å². The fraction of sp³-hybridized carbons (Fsp3) is 0.429. The molecule has 250 valence electrons. The summed E-state index contributed by atoms with van der Waals surface area (Å²) in [6.07, 6.45) is 5.58. The Kier molecular flexibility index (Phi) is 10.8. The number of fused-ring (bicyclic) bond motifs is 1. The van der Waals surface area contributed by atoms with Crippen molar-refractivity contribution in [2.24, 2.45) is 0 Å². The van der Waals surface area contributed by atoms with Gasteiger partial charge in [-0.1, -0.05) is 23.7 Å². The standard InChI is InChI=1S/C35H42ClN5O6/c1-35(2,3)47-34(43)40-17-14-27(15-18-40)46-30-13-10-25(20-29(30)36)39-31-28-19-24(33(42)45-5)7-6-16-41(32(28)38-22-37-31)21-23-8-11-26(44-4)12-9-23/h8-13,19-20,22,27H,6-7,14-18,21H2,1-5H3,(H,37,38,39). The lowest BCUT2D eigenvalue weighted by molar-refractivity contribution is -0.136. The van der Waals surface area contributed by atoms with Crippen molar-refractivity contribution in [1.29, 1.82) is 0 Å². The van der Waals surface area contributed by atoms with Crippen molar-refractivity contribution in [3.05, 3.63) is 70.5 Å². The number of amides is 1. The van der Waals surface area contributed by atoms with Gasteiger partial charge in [-0.3, -0.25) is 0 Å². The lowest BCUT2D eigenvalue weighted by Crippen LogP contribution is -2.44. The Balaban J connectivity index is 1.33. The van der Waals surface area contributed by atoms with Crippen molar-refractivity contribution in [2.45, 2.75) is 64.7 Å². The van der Waals surface area contributed by atoms with E-state index >= 15 is 0 Å². The number of hydrogen-bond acceptors (Lipinski definition) is 10. The fourth-order valence-electron chi connectivity index (χ4n) is 5.55. The zero-order chi connectivity index (χ0) is 33.6. The molecular formula is C35H42ClN5O6. The molecule has 2 aliphatic heterocycles. The molecule has 47 heavy (non-hydrogen) atoms. The molecule has 0 atom stereocenters. The van der Waals surface area contributed by atoms with Crippen LogP contribution in [0.15, 0.2) is 54.4 Å². The summed E-state index contributed by atoms with van der Waals surface area (Å²) in [6.45, 7) is 7.97. The van der Waals surface area contributed by atoms with Crippen LogP contribution < -0.4 is 19.7 Å². The van der Waals surface area contributed by atoms with Crippen LogP contribution in [0, 0.1) is 0 Å². The van der Waals surface area contributed by atoms with Crippen LogP contribution in [0.5, 0.6) is 11.5 Å². The number of benzene rings is 2. The van der Waals surface area contributed by atoms with Gasteiger partial charge < -0.3 is 34.1 Å². The van der Waals surface area contributed by atoms with E-state index in [4.69, 9.17) is 30.5 Å². The summed E-state index contributed by atoms with van der Waals surface area (Å²) < 4.78 is 22.1. The van der Waals surface area contributed by atoms with Gasteiger partial charge in [0.05, 0.1) is 24.8 Å². The molecule has 1 fully saturated rings. The van der Waals surface area contributed by atoms with Crippen molar-refractivity contribution < 1.29 is 28.5 Å². The SMILES string of the molecule is COC(=O)C1=Cc2c(Nc3ccc(OC4CCN(C(=O)OC(C)(C)C)CC4)c(Cl)c3)ncnc2N(Cc2ccc(OC)cc2)CCC1. The van der Waals surface area contributed by atoms with Gasteiger partial charge in [-0.25, -0.2) is 19.6 Å². The number of halogens is 1. The smallest absolute Gasteiger partial charge is 0.410 e. The highest BCUT2D eigenvalue weighted by molar-refractivity contribution is 6.32. The Hall–Kier alpha value is -4.51. The van der Waals surface area contributed by atoms with Crippen LogP contribution >= 0.6 is 11.6 Å². The molecule has 3 heterocycles. The second kappa shape index (κ2) is 14.9. The van der Waals surface area contributed by atoms with E-state index in [1.807, 2.05) is 63.2 Å². The Morgan fingerprint density at radius 1 is 1.02 bits per heavy atom. The third-order valence-corrected chi connectivity index (χ3v) is 8.21. The Labute approximate surface area is 280 Å². The van der Waals surface area contributed by atoms with Gasteiger partial charge >= 0.3 is 12.1 Å². The number of likely N-dealkylation sites (tertiary alicyclic amines) is 1. The van der Waals surface area contributed by atoms with E-state index in [1.54, 1.807) is 18.1 Å². The van der Waals surface area contributed by atoms with Crippen molar-refractivity contribution in [2.75, 3.05) is 44.1 Å². The molecule has 0 bridgehead atoms. The molecule has 1 saturated heterocycles. The van der Waals surface area contributed by atoms with Crippen LogP contribution in [0.25, 0.3) is 6.08 Å². The number of ether oxygens (including phenoxy) is 4. The molecule has 11 nitrogen and oxygen atoms in total. The van der Waals surface area contributed by atoms with Crippen LogP contribution in [-0.2, 0) is 20.8 Å². The number of anilines is 3. The van der Waals surface area contributed by atoms with Crippen LogP contribution in [-0.4, -0.2) is 72.5 Å². The second-order valence-corrected chi connectivity index (χ2v) is 13.0. The number of piperidine rings is 1. The zero-order valence-electron chi connectivity index (χ0n) is 27.5. The molecule has 2 aliphatic rings. The van der Waals surface area contributed by atoms with Gasteiger partial charge in [0.25, 0.3) is 0 Å². The average Bonchev–Trinajstić information content (AvgIpc) is 3.04. The van der Waals surface area contributed by atoms with E-state index in [-0.39, 0.29) is 18.2 Å². The maximum Gasteiger partial charge on any atom is 0.410 e. The van der Waals surface area contributed by atoms with Crippen LogP contribution in [0.1, 0.15) is 57.6 Å². The summed E-state index contributed by atoms with van der Waals surface area (Å²) in [6, 6.07) is 13.4. The van der Waals surface area contributed by atoms with Crippen molar-refractivity contribution in [1.82, 2.24) is 14.9 Å². The molecule has 0 unspecified atom stereocenters.